The van der Waals surface area contributed by atoms with Gasteiger partial charge in [0.15, 0.2) is 0 Å². The van der Waals surface area contributed by atoms with Crippen LogP contribution in [0.3, 0.4) is 0 Å². The Hall–Kier alpha value is -0.0131. The average Bonchev–Trinajstić information content (AvgIpc) is 2.23. The van der Waals surface area contributed by atoms with E-state index in [9.17, 15) is 0 Å². The van der Waals surface area contributed by atoms with Crippen LogP contribution >= 0.6 is 11.1 Å². The Balaban J connectivity index is 2.91. The molecule has 0 bridgehead atoms. The van der Waals surface area contributed by atoms with Crippen LogP contribution in [-0.4, -0.2) is 8.83 Å². The van der Waals surface area contributed by atoms with E-state index in [0.29, 0.717) is 5.92 Å². The third-order valence-corrected chi connectivity index (χ3v) is 4.64. The summed E-state index contributed by atoms with van der Waals surface area (Å²) in [6.07, 6.45) is 0. The molecule has 0 aliphatic heterocycles. The third kappa shape index (κ3) is 1.53. The maximum absolute atomic E-state index is 5.90. The highest BCUT2D eigenvalue weighted by molar-refractivity contribution is 6.93. The molecular formula is C10H17ClSi. The molecule has 0 aromatic heterocycles. The van der Waals surface area contributed by atoms with E-state index in [4.69, 9.17) is 11.1 Å². The highest BCUT2D eigenvalue weighted by Gasteiger charge is 2.23. The Labute approximate surface area is 82.2 Å². The monoisotopic (exact) mass is 200 g/mol. The first-order chi connectivity index (χ1) is 5.59. The molecule has 0 nitrogen and oxygen atoms in total. The lowest BCUT2D eigenvalue weighted by molar-refractivity contribution is 0.811. The molecule has 1 rings (SSSR count). The average molecular weight is 201 g/mol. The summed E-state index contributed by atoms with van der Waals surface area (Å²) >= 11 is 5.90. The van der Waals surface area contributed by atoms with Gasteiger partial charge in [-0.15, -0.1) is 0 Å². The molecule has 0 radical (unpaired) electrons. The van der Waals surface area contributed by atoms with E-state index < -0.39 is 0 Å². The van der Waals surface area contributed by atoms with Crippen molar-refractivity contribution in [2.75, 3.05) is 0 Å². The van der Waals surface area contributed by atoms with Gasteiger partial charge in [0.1, 0.15) is 8.83 Å². The molecule has 1 aliphatic carbocycles. The first-order valence-corrected chi connectivity index (χ1v) is 7.64. The Morgan fingerprint density at radius 2 is 1.50 bits per heavy atom. The number of rotatable bonds is 2. The Kier molecular flexibility index (Phi) is 3.19. The van der Waals surface area contributed by atoms with E-state index in [2.05, 4.69) is 27.7 Å². The number of allylic oxidation sites excluding steroid dienone is 4. The second-order valence-electron chi connectivity index (χ2n) is 3.65. The van der Waals surface area contributed by atoms with E-state index in [0.717, 1.165) is 0 Å². The second-order valence-corrected chi connectivity index (χ2v) is 5.74. The Morgan fingerprint density at radius 1 is 1.08 bits per heavy atom. The van der Waals surface area contributed by atoms with Gasteiger partial charge in [-0.05, 0) is 50.8 Å². The summed E-state index contributed by atoms with van der Waals surface area (Å²) in [5.41, 5.74) is 6.10. The van der Waals surface area contributed by atoms with Crippen LogP contribution in [0.15, 0.2) is 22.3 Å². The summed E-state index contributed by atoms with van der Waals surface area (Å²) in [6.45, 7) is 8.95. The Bertz CT molecular complexity index is 227. The van der Waals surface area contributed by atoms with Crippen molar-refractivity contribution in [3.8, 4) is 0 Å². The fourth-order valence-corrected chi connectivity index (χ4v) is 3.72. The molecule has 68 valence electrons. The molecule has 0 N–H and O–H groups in total. The van der Waals surface area contributed by atoms with Gasteiger partial charge in [-0.3, -0.25) is 0 Å². The van der Waals surface area contributed by atoms with Gasteiger partial charge < -0.3 is 0 Å². The van der Waals surface area contributed by atoms with Crippen molar-refractivity contribution in [2.45, 2.75) is 33.7 Å². The fourth-order valence-electron chi connectivity index (χ4n) is 1.98. The minimum absolute atomic E-state index is 0.320. The lowest BCUT2D eigenvalue weighted by atomic mass is 9.99. The van der Waals surface area contributed by atoms with Gasteiger partial charge in [0.05, 0.1) is 0 Å². The second kappa shape index (κ2) is 3.80. The highest BCUT2D eigenvalue weighted by Crippen LogP contribution is 2.38. The van der Waals surface area contributed by atoms with Gasteiger partial charge in [0, 0.05) is 0 Å². The first-order valence-electron chi connectivity index (χ1n) is 4.50. The molecule has 0 aromatic carbocycles. The van der Waals surface area contributed by atoms with E-state index in [-0.39, 0.29) is 8.83 Å². The van der Waals surface area contributed by atoms with Gasteiger partial charge >= 0.3 is 0 Å². The van der Waals surface area contributed by atoms with Crippen molar-refractivity contribution in [3.05, 3.63) is 22.3 Å². The van der Waals surface area contributed by atoms with Crippen LogP contribution in [0, 0.1) is 5.92 Å². The van der Waals surface area contributed by atoms with Crippen LogP contribution in [-0.2, 0) is 0 Å². The fraction of sp³-hybridized carbons (Fsp3) is 0.600. The lowest BCUT2D eigenvalue weighted by Gasteiger charge is -2.12. The SMILES string of the molecule is CC1=C(C)C(C[SiH2]Cl)C(C)=C1C. The first kappa shape index (κ1) is 10.1. The van der Waals surface area contributed by atoms with Crippen molar-refractivity contribution in [1.29, 1.82) is 0 Å². The standard InChI is InChI=1S/C10H17ClSi/c1-6-7(2)9(4)10(5-12-11)8(6)3/h10H,5,12H2,1-4H3. The molecule has 0 aromatic rings. The predicted octanol–water partition coefficient (Wildman–Crippen LogP) is 3.03. The van der Waals surface area contributed by atoms with Crippen LogP contribution in [0.2, 0.25) is 6.04 Å². The summed E-state index contributed by atoms with van der Waals surface area (Å²) in [5, 5.41) is 0. The minimum atomic E-state index is -0.320. The van der Waals surface area contributed by atoms with Crippen molar-refractivity contribution < 1.29 is 0 Å². The van der Waals surface area contributed by atoms with Gasteiger partial charge in [0.2, 0.25) is 0 Å². The molecule has 12 heavy (non-hydrogen) atoms. The highest BCUT2D eigenvalue weighted by atomic mass is 35.6. The van der Waals surface area contributed by atoms with Crippen LogP contribution in [0.1, 0.15) is 27.7 Å². The van der Waals surface area contributed by atoms with Crippen LogP contribution in [0.5, 0.6) is 0 Å². The largest absolute Gasteiger partial charge is 0.176 e. The van der Waals surface area contributed by atoms with Crippen molar-refractivity contribution in [3.63, 3.8) is 0 Å². The molecule has 0 saturated carbocycles. The quantitative estimate of drug-likeness (QED) is 0.475. The van der Waals surface area contributed by atoms with Crippen molar-refractivity contribution in [1.82, 2.24) is 0 Å². The van der Waals surface area contributed by atoms with Crippen molar-refractivity contribution in [2.24, 2.45) is 5.92 Å². The molecule has 0 amide bonds. The van der Waals surface area contributed by atoms with Crippen LogP contribution < -0.4 is 0 Å². The summed E-state index contributed by atoms with van der Waals surface area (Å²) in [5.74, 6) is 0.689. The summed E-state index contributed by atoms with van der Waals surface area (Å²) in [4.78, 5) is 0. The molecule has 1 aliphatic rings. The normalized spacial score (nSPS) is 20.8. The third-order valence-electron chi connectivity index (χ3n) is 3.19. The molecule has 0 fully saturated rings. The van der Waals surface area contributed by atoms with Gasteiger partial charge in [-0.1, -0.05) is 11.1 Å². The smallest absolute Gasteiger partial charge is 0.126 e. The maximum Gasteiger partial charge on any atom is 0.126 e. The number of halogens is 1. The van der Waals surface area contributed by atoms with E-state index in [1.165, 1.54) is 17.2 Å². The predicted molar refractivity (Wildman–Crippen MR) is 59.4 cm³/mol. The maximum atomic E-state index is 5.90. The van der Waals surface area contributed by atoms with Gasteiger partial charge in [-0.2, -0.15) is 11.1 Å². The Morgan fingerprint density at radius 3 is 1.83 bits per heavy atom. The van der Waals surface area contributed by atoms with Gasteiger partial charge in [0.25, 0.3) is 0 Å². The molecule has 0 spiro atoms. The minimum Gasteiger partial charge on any atom is -0.176 e. The van der Waals surface area contributed by atoms with Gasteiger partial charge in [-0.25, -0.2) is 0 Å². The van der Waals surface area contributed by atoms with E-state index in [1.807, 2.05) is 0 Å². The molecule has 0 saturated heterocycles. The summed E-state index contributed by atoms with van der Waals surface area (Å²) < 4.78 is 0. The van der Waals surface area contributed by atoms with Crippen molar-refractivity contribution >= 4 is 19.9 Å². The zero-order valence-electron chi connectivity index (χ0n) is 8.37. The van der Waals surface area contributed by atoms with Crippen LogP contribution in [0.25, 0.3) is 0 Å². The zero-order chi connectivity index (χ0) is 9.30. The lowest BCUT2D eigenvalue weighted by Crippen LogP contribution is -2.01. The van der Waals surface area contributed by atoms with E-state index in [1.54, 1.807) is 11.1 Å². The molecule has 0 atom stereocenters. The summed E-state index contributed by atoms with van der Waals surface area (Å²) in [7, 11) is -0.320. The molecule has 0 unspecified atom stereocenters. The van der Waals surface area contributed by atoms with E-state index >= 15 is 0 Å². The summed E-state index contributed by atoms with van der Waals surface area (Å²) in [6, 6.07) is 1.23. The molecule has 2 heteroatoms. The number of hydrogen-bond acceptors (Lipinski definition) is 0. The molecular weight excluding hydrogens is 184 g/mol. The zero-order valence-corrected chi connectivity index (χ0v) is 10.5. The topological polar surface area (TPSA) is 0 Å². The molecule has 0 heterocycles. The van der Waals surface area contributed by atoms with Crippen LogP contribution in [0.4, 0.5) is 0 Å². The number of hydrogen-bond donors (Lipinski definition) is 0.